The number of hydrogen-bond acceptors (Lipinski definition) is 6. The van der Waals surface area contributed by atoms with E-state index in [0.717, 1.165) is 21.5 Å². The number of aryl methyl sites for hydroxylation is 2. The van der Waals surface area contributed by atoms with Gasteiger partial charge in [0.1, 0.15) is 15.6 Å². The molecule has 24 heavy (non-hydrogen) atoms. The van der Waals surface area contributed by atoms with E-state index in [4.69, 9.17) is 5.73 Å². The zero-order valence-electron chi connectivity index (χ0n) is 13.3. The first kappa shape index (κ1) is 16.1. The van der Waals surface area contributed by atoms with E-state index in [1.165, 1.54) is 29.2 Å². The molecule has 0 saturated heterocycles. The largest absolute Gasteiger partial charge is 0.351 e. The molecule has 0 aliphatic carbocycles. The summed E-state index contributed by atoms with van der Waals surface area (Å²) < 4.78 is 1.60. The van der Waals surface area contributed by atoms with Gasteiger partial charge in [-0.05, 0) is 32.4 Å². The van der Waals surface area contributed by atoms with Crippen LogP contribution in [0.5, 0.6) is 0 Å². The number of carbonyl (C=O) groups excluding carboxylic acids is 2. The van der Waals surface area contributed by atoms with Crippen LogP contribution < -0.4 is 16.6 Å². The van der Waals surface area contributed by atoms with Gasteiger partial charge in [0.25, 0.3) is 11.5 Å². The first-order chi connectivity index (χ1) is 11.3. The number of rotatable bonds is 2. The number of imide groups is 1. The third-order valence-electron chi connectivity index (χ3n) is 3.75. The van der Waals surface area contributed by atoms with Gasteiger partial charge in [-0.2, -0.15) is 0 Å². The number of hydrogen-bond donors (Lipinski definition) is 2. The minimum Gasteiger partial charge on any atom is -0.351 e. The quantitative estimate of drug-likeness (QED) is 0.727. The number of pyridine rings is 1. The minimum absolute atomic E-state index is 0.354. The highest BCUT2D eigenvalue weighted by atomic mass is 32.1. The fourth-order valence-corrected chi connectivity index (χ4v) is 3.80. The molecule has 3 rings (SSSR count). The lowest BCUT2D eigenvalue weighted by molar-refractivity contribution is -0.122. The molecule has 124 valence electrons. The number of carbonyl (C=O) groups is 2. The van der Waals surface area contributed by atoms with Crippen LogP contribution in [0.2, 0.25) is 0 Å². The highest BCUT2D eigenvalue weighted by Crippen LogP contribution is 2.31. The van der Waals surface area contributed by atoms with Gasteiger partial charge in [-0.3, -0.25) is 19.5 Å². The predicted octanol–water partition coefficient (Wildman–Crippen LogP) is 1.38. The van der Waals surface area contributed by atoms with Gasteiger partial charge >= 0.3 is 6.03 Å². The molecule has 0 radical (unpaired) electrons. The van der Waals surface area contributed by atoms with Crippen molar-refractivity contribution in [2.75, 3.05) is 0 Å². The van der Waals surface area contributed by atoms with Crippen molar-refractivity contribution in [1.82, 2.24) is 19.9 Å². The van der Waals surface area contributed by atoms with Crippen LogP contribution in [0.4, 0.5) is 4.79 Å². The molecule has 0 aromatic carbocycles. The van der Waals surface area contributed by atoms with E-state index in [2.05, 4.69) is 9.97 Å². The molecule has 3 aromatic heterocycles. The summed E-state index contributed by atoms with van der Waals surface area (Å²) in [4.78, 5) is 45.0. The Morgan fingerprint density at radius 2 is 2.08 bits per heavy atom. The predicted molar refractivity (Wildman–Crippen MR) is 91.1 cm³/mol. The molecule has 0 aliphatic heterocycles. The molecular formula is C15H15N5O3S. The molecule has 8 nitrogen and oxygen atoms in total. The summed E-state index contributed by atoms with van der Waals surface area (Å²) in [6, 6.07) is 0.0546. The smallest absolute Gasteiger partial charge is 0.318 e. The van der Waals surface area contributed by atoms with Crippen molar-refractivity contribution in [1.29, 1.82) is 0 Å². The molecule has 3 aromatic rings. The maximum atomic E-state index is 12.7. The molecule has 9 heteroatoms. The van der Waals surface area contributed by atoms with Crippen molar-refractivity contribution >= 4 is 43.7 Å². The normalized spacial score (nSPS) is 12.5. The Morgan fingerprint density at radius 3 is 2.75 bits per heavy atom. The molecule has 3 N–H and O–H groups in total. The zero-order valence-corrected chi connectivity index (χ0v) is 14.1. The van der Waals surface area contributed by atoms with Crippen LogP contribution in [0.15, 0.2) is 17.2 Å². The molecule has 3 heterocycles. The number of urea groups is 1. The molecule has 1 atom stereocenters. The summed E-state index contributed by atoms with van der Waals surface area (Å²) in [7, 11) is 0. The first-order valence-corrected chi connectivity index (χ1v) is 7.99. The van der Waals surface area contributed by atoms with E-state index in [-0.39, 0.29) is 5.56 Å². The molecule has 3 amide bonds. The maximum absolute atomic E-state index is 12.7. The van der Waals surface area contributed by atoms with Crippen molar-refractivity contribution in [2.24, 2.45) is 5.73 Å². The summed E-state index contributed by atoms with van der Waals surface area (Å²) in [5.74, 6) is -0.669. The number of amides is 3. The SMILES string of the molecule is Cc1cc(C)c2c(n1)sc1c(=O)n([C@@H](C)C(=O)NC(N)=O)cnc12. The van der Waals surface area contributed by atoms with Gasteiger partial charge in [0.2, 0.25) is 0 Å². The van der Waals surface area contributed by atoms with Crippen LogP contribution in [-0.2, 0) is 4.79 Å². The lowest BCUT2D eigenvalue weighted by atomic mass is 10.1. The van der Waals surface area contributed by atoms with Crippen LogP contribution in [-0.4, -0.2) is 26.5 Å². The van der Waals surface area contributed by atoms with E-state index in [1.807, 2.05) is 25.2 Å². The average molecular weight is 345 g/mol. The Morgan fingerprint density at radius 1 is 1.38 bits per heavy atom. The molecular weight excluding hydrogens is 330 g/mol. The summed E-state index contributed by atoms with van der Waals surface area (Å²) in [5, 5.41) is 2.81. The first-order valence-electron chi connectivity index (χ1n) is 7.17. The Bertz CT molecular complexity index is 1050. The van der Waals surface area contributed by atoms with Crippen molar-refractivity contribution < 1.29 is 9.59 Å². The van der Waals surface area contributed by atoms with Gasteiger partial charge in [0.15, 0.2) is 0 Å². The summed E-state index contributed by atoms with van der Waals surface area (Å²) in [6.45, 7) is 5.33. The second-order valence-electron chi connectivity index (χ2n) is 5.53. The lowest BCUT2D eigenvalue weighted by Crippen LogP contribution is -2.41. The van der Waals surface area contributed by atoms with Gasteiger partial charge in [0, 0.05) is 11.1 Å². The van der Waals surface area contributed by atoms with Gasteiger partial charge < -0.3 is 5.73 Å². The van der Waals surface area contributed by atoms with Crippen molar-refractivity contribution in [2.45, 2.75) is 26.8 Å². The topological polar surface area (TPSA) is 120 Å². The van der Waals surface area contributed by atoms with Crippen LogP contribution in [0.1, 0.15) is 24.2 Å². The van der Waals surface area contributed by atoms with Gasteiger partial charge in [0.05, 0.1) is 11.8 Å². The highest BCUT2D eigenvalue weighted by Gasteiger charge is 2.21. The number of thiophene rings is 1. The Hall–Kier alpha value is -2.81. The van der Waals surface area contributed by atoms with E-state index in [0.29, 0.717) is 10.2 Å². The molecule has 0 saturated carbocycles. The fourth-order valence-electron chi connectivity index (χ4n) is 2.61. The molecule has 0 fully saturated rings. The Balaban J connectivity index is 2.20. The van der Waals surface area contributed by atoms with Crippen molar-refractivity contribution in [3.05, 3.63) is 34.0 Å². The Kier molecular flexibility index (Phi) is 3.80. The number of fused-ring (bicyclic) bond motifs is 3. The van der Waals surface area contributed by atoms with Crippen LogP contribution in [0.25, 0.3) is 20.4 Å². The number of nitrogens with two attached hydrogens (primary N) is 1. The monoisotopic (exact) mass is 345 g/mol. The molecule has 0 aliphatic rings. The third-order valence-corrected chi connectivity index (χ3v) is 4.81. The number of nitrogens with zero attached hydrogens (tertiary/aromatic N) is 3. The van der Waals surface area contributed by atoms with E-state index in [1.54, 1.807) is 0 Å². The van der Waals surface area contributed by atoms with E-state index < -0.39 is 18.0 Å². The summed E-state index contributed by atoms with van der Waals surface area (Å²) in [5.41, 5.74) is 7.01. The van der Waals surface area contributed by atoms with E-state index in [9.17, 15) is 14.4 Å². The van der Waals surface area contributed by atoms with Crippen molar-refractivity contribution in [3.63, 3.8) is 0 Å². The van der Waals surface area contributed by atoms with Crippen LogP contribution in [0.3, 0.4) is 0 Å². The van der Waals surface area contributed by atoms with Gasteiger partial charge in [-0.15, -0.1) is 11.3 Å². The Labute approximate surface area is 140 Å². The number of primary amides is 1. The summed E-state index contributed by atoms with van der Waals surface area (Å²) >= 11 is 1.24. The highest BCUT2D eigenvalue weighted by molar-refractivity contribution is 7.25. The molecule has 0 bridgehead atoms. The minimum atomic E-state index is -0.967. The summed E-state index contributed by atoms with van der Waals surface area (Å²) in [6.07, 6.45) is 1.31. The van der Waals surface area contributed by atoms with Crippen LogP contribution in [0, 0.1) is 13.8 Å². The second-order valence-corrected chi connectivity index (χ2v) is 6.53. The maximum Gasteiger partial charge on any atom is 0.318 e. The number of aromatic nitrogens is 3. The van der Waals surface area contributed by atoms with Crippen molar-refractivity contribution in [3.8, 4) is 0 Å². The third kappa shape index (κ3) is 2.52. The second kappa shape index (κ2) is 5.68. The lowest BCUT2D eigenvalue weighted by Gasteiger charge is -2.13. The average Bonchev–Trinajstić information content (AvgIpc) is 2.85. The standard InChI is InChI=1S/C15H15N5O3S/c1-6-4-7(2)18-13-9(6)10-11(24-13)14(22)20(5-17-10)8(3)12(21)19-15(16)23/h4-5,8H,1-3H3,(H3,16,19,21,23)/t8-/m0/s1. The van der Waals surface area contributed by atoms with Gasteiger partial charge in [-0.1, -0.05) is 0 Å². The zero-order chi connectivity index (χ0) is 17.6. The number of nitrogens with one attached hydrogen (secondary N) is 1. The molecule has 0 unspecified atom stereocenters. The van der Waals surface area contributed by atoms with Crippen LogP contribution >= 0.6 is 11.3 Å². The fraction of sp³-hybridized carbons (Fsp3) is 0.267. The van der Waals surface area contributed by atoms with Gasteiger partial charge in [-0.25, -0.2) is 14.8 Å². The van der Waals surface area contributed by atoms with E-state index >= 15 is 0 Å². The molecule has 0 spiro atoms.